The Hall–Kier alpha value is -2.67. The van der Waals surface area contributed by atoms with Gasteiger partial charge in [-0.1, -0.05) is 19.3 Å². The molecule has 2 heterocycles. The summed E-state index contributed by atoms with van der Waals surface area (Å²) in [6.07, 6.45) is 13.8. The number of H-pyrrole nitrogens is 1. The van der Waals surface area contributed by atoms with Gasteiger partial charge in [0.05, 0.1) is 23.5 Å². The number of nitrogens with one attached hydrogen (secondary N) is 1. The quantitative estimate of drug-likeness (QED) is 0.425. The smallest absolute Gasteiger partial charge is 0.335 e. The summed E-state index contributed by atoms with van der Waals surface area (Å²) in [5, 5.41) is 9.35. The van der Waals surface area contributed by atoms with Crippen LogP contribution in [0.5, 0.6) is 0 Å². The van der Waals surface area contributed by atoms with Crippen molar-refractivity contribution in [3.8, 4) is 11.6 Å². The molecule has 0 radical (unpaired) electrons. The first-order valence-electron chi connectivity index (χ1n) is 13.4. The van der Waals surface area contributed by atoms with Crippen LogP contribution >= 0.6 is 0 Å². The van der Waals surface area contributed by atoms with E-state index in [2.05, 4.69) is 9.97 Å². The van der Waals surface area contributed by atoms with Crippen molar-refractivity contribution in [3.05, 3.63) is 35.3 Å². The van der Waals surface area contributed by atoms with Crippen LogP contribution in [0, 0.1) is 17.8 Å². The van der Waals surface area contributed by atoms with E-state index < -0.39 is 5.97 Å². The van der Waals surface area contributed by atoms with Crippen molar-refractivity contribution >= 4 is 17.1 Å². The molecule has 4 bridgehead atoms. The van der Waals surface area contributed by atoms with Gasteiger partial charge in [-0.25, -0.2) is 14.8 Å². The molecule has 0 atom stereocenters. The number of nitrogens with zero attached hydrogens (tertiary/aromatic N) is 2. The van der Waals surface area contributed by atoms with Crippen molar-refractivity contribution in [1.82, 2.24) is 15.0 Å². The van der Waals surface area contributed by atoms with E-state index in [1.54, 1.807) is 18.2 Å². The van der Waals surface area contributed by atoms with Gasteiger partial charge in [-0.2, -0.15) is 0 Å². The van der Waals surface area contributed by atoms with Crippen molar-refractivity contribution in [3.63, 3.8) is 0 Å². The first kappa shape index (κ1) is 21.6. The Balaban J connectivity index is 1.22. The Kier molecular flexibility index (Phi) is 5.05. The second-order valence-corrected chi connectivity index (χ2v) is 11.7. The summed E-state index contributed by atoms with van der Waals surface area (Å²) < 4.78 is 12.9. The Morgan fingerprint density at radius 3 is 2.46 bits per heavy atom. The fraction of sp³-hybridized carbons (Fsp3) is 0.607. The molecule has 35 heavy (non-hydrogen) atoms. The molecule has 5 fully saturated rings. The predicted octanol–water partition coefficient (Wildman–Crippen LogP) is 6.45. The lowest BCUT2D eigenvalue weighted by Gasteiger charge is -2.56. The van der Waals surface area contributed by atoms with Crippen LogP contribution in [-0.4, -0.2) is 31.6 Å². The molecule has 5 aliphatic rings. The van der Waals surface area contributed by atoms with Gasteiger partial charge in [-0.15, -0.1) is 0 Å². The maximum atomic E-state index is 11.4. The highest BCUT2D eigenvalue weighted by Crippen LogP contribution is 2.57. The molecule has 3 aromatic rings. The number of carboxylic acid groups (broad SMARTS) is 1. The molecular weight excluding hydrogens is 442 g/mol. The summed E-state index contributed by atoms with van der Waals surface area (Å²) in [5.74, 6) is 3.41. The van der Waals surface area contributed by atoms with Crippen LogP contribution in [0.25, 0.3) is 22.7 Å². The number of hydrogen-bond donors (Lipinski definition) is 2. The Morgan fingerprint density at radius 1 is 1.06 bits per heavy atom. The van der Waals surface area contributed by atoms with Gasteiger partial charge in [0, 0.05) is 5.92 Å². The highest BCUT2D eigenvalue weighted by Gasteiger charge is 2.51. The number of ether oxygens (including phenoxy) is 1. The third kappa shape index (κ3) is 3.88. The van der Waals surface area contributed by atoms with Crippen LogP contribution in [0.4, 0.5) is 0 Å². The third-order valence-corrected chi connectivity index (χ3v) is 9.13. The lowest BCUT2D eigenvalue weighted by Crippen LogP contribution is -2.51. The van der Waals surface area contributed by atoms with Crippen molar-refractivity contribution in [2.45, 2.75) is 88.8 Å². The molecule has 0 unspecified atom stereocenters. The number of oxazole rings is 1. The standard InChI is InChI=1S/C28H33N3O4/c32-27(33)20-6-7-23-21(11-20)30-26(35-23)24-22(29-25(31-24)19-4-2-1-3-5-19)15-34-28-12-16-8-17(13-28)10-18(9-16)14-28/h6-7,11,16-19H,1-5,8-10,12-15H2,(H,29,31)(H,32,33). The molecule has 184 valence electrons. The van der Waals surface area contributed by atoms with Gasteiger partial charge in [0.1, 0.15) is 17.0 Å². The molecule has 7 heteroatoms. The summed E-state index contributed by atoms with van der Waals surface area (Å²) >= 11 is 0. The van der Waals surface area contributed by atoms with Gasteiger partial charge in [0.2, 0.25) is 5.89 Å². The van der Waals surface area contributed by atoms with E-state index in [0.29, 0.717) is 35.2 Å². The van der Waals surface area contributed by atoms with Crippen LogP contribution in [0.3, 0.4) is 0 Å². The molecule has 7 nitrogen and oxygen atoms in total. The second-order valence-electron chi connectivity index (χ2n) is 11.7. The zero-order chi connectivity index (χ0) is 23.6. The lowest BCUT2D eigenvalue weighted by atomic mass is 9.54. The van der Waals surface area contributed by atoms with E-state index in [1.165, 1.54) is 57.8 Å². The summed E-state index contributed by atoms with van der Waals surface area (Å²) in [5.41, 5.74) is 2.97. The van der Waals surface area contributed by atoms with Crippen LogP contribution in [0.2, 0.25) is 0 Å². The minimum Gasteiger partial charge on any atom is -0.478 e. The summed E-state index contributed by atoms with van der Waals surface area (Å²) in [6, 6.07) is 4.79. The van der Waals surface area contributed by atoms with Gasteiger partial charge < -0.3 is 19.2 Å². The SMILES string of the molecule is O=C(O)c1ccc2oc(-c3nc(C4CCCCC4)[nH]c3COC34CC5CC(CC(C5)C3)C4)nc2c1. The zero-order valence-corrected chi connectivity index (χ0v) is 20.1. The van der Waals surface area contributed by atoms with Crippen molar-refractivity contribution < 1.29 is 19.1 Å². The number of aromatic nitrogens is 3. The molecule has 1 aromatic carbocycles. The fourth-order valence-electron chi connectivity index (χ4n) is 7.88. The highest BCUT2D eigenvalue weighted by atomic mass is 16.5. The molecule has 5 saturated carbocycles. The Morgan fingerprint density at radius 2 is 1.77 bits per heavy atom. The number of benzene rings is 1. The number of aromatic amines is 1. The molecular formula is C28H33N3O4. The average molecular weight is 476 g/mol. The van der Waals surface area contributed by atoms with Crippen molar-refractivity contribution in [1.29, 1.82) is 0 Å². The van der Waals surface area contributed by atoms with E-state index in [1.807, 2.05) is 0 Å². The number of carbonyl (C=O) groups is 1. The monoisotopic (exact) mass is 475 g/mol. The van der Waals surface area contributed by atoms with Crippen LogP contribution in [-0.2, 0) is 11.3 Å². The largest absolute Gasteiger partial charge is 0.478 e. The fourth-order valence-corrected chi connectivity index (χ4v) is 7.88. The number of carboxylic acids is 1. The zero-order valence-electron chi connectivity index (χ0n) is 20.1. The van der Waals surface area contributed by atoms with Crippen molar-refractivity contribution in [2.24, 2.45) is 17.8 Å². The third-order valence-electron chi connectivity index (χ3n) is 9.13. The summed E-state index contributed by atoms with van der Waals surface area (Å²) in [7, 11) is 0. The molecule has 5 aliphatic carbocycles. The number of hydrogen-bond acceptors (Lipinski definition) is 5. The molecule has 0 amide bonds. The minimum atomic E-state index is -0.972. The maximum Gasteiger partial charge on any atom is 0.335 e. The highest BCUT2D eigenvalue weighted by molar-refractivity contribution is 5.92. The minimum absolute atomic E-state index is 0.0137. The molecule has 0 saturated heterocycles. The van der Waals surface area contributed by atoms with Crippen LogP contribution in [0.1, 0.15) is 98.4 Å². The van der Waals surface area contributed by atoms with E-state index in [4.69, 9.17) is 14.1 Å². The maximum absolute atomic E-state index is 11.4. The van der Waals surface area contributed by atoms with Gasteiger partial charge >= 0.3 is 5.97 Å². The summed E-state index contributed by atoms with van der Waals surface area (Å²) in [4.78, 5) is 24.7. The van der Waals surface area contributed by atoms with E-state index in [-0.39, 0.29) is 11.2 Å². The number of rotatable bonds is 6. The predicted molar refractivity (Wildman–Crippen MR) is 130 cm³/mol. The second kappa shape index (κ2) is 8.19. The molecule has 2 N–H and O–H groups in total. The normalized spacial score (nSPS) is 30.3. The first-order chi connectivity index (χ1) is 17.0. The molecule has 0 spiro atoms. The van der Waals surface area contributed by atoms with Gasteiger partial charge in [0.15, 0.2) is 5.58 Å². The average Bonchev–Trinajstić information content (AvgIpc) is 3.46. The lowest BCUT2D eigenvalue weighted by molar-refractivity contribution is -0.169. The van der Waals surface area contributed by atoms with Gasteiger partial charge in [0.25, 0.3) is 0 Å². The first-order valence-corrected chi connectivity index (χ1v) is 13.4. The van der Waals surface area contributed by atoms with Gasteiger partial charge in [-0.05, 0) is 87.3 Å². The molecule has 2 aromatic heterocycles. The topological polar surface area (TPSA) is 101 Å². The number of fused-ring (bicyclic) bond motifs is 1. The van der Waals surface area contributed by atoms with Crippen LogP contribution < -0.4 is 0 Å². The Bertz CT molecular complexity index is 1230. The molecule has 8 rings (SSSR count). The van der Waals surface area contributed by atoms with E-state index in [0.717, 1.165) is 42.1 Å². The van der Waals surface area contributed by atoms with E-state index >= 15 is 0 Å². The summed E-state index contributed by atoms with van der Waals surface area (Å²) in [6.45, 7) is 0.486. The number of imidazole rings is 1. The van der Waals surface area contributed by atoms with Crippen LogP contribution in [0.15, 0.2) is 22.6 Å². The number of aromatic carboxylic acids is 1. The molecule has 0 aliphatic heterocycles. The van der Waals surface area contributed by atoms with Gasteiger partial charge in [-0.3, -0.25) is 0 Å². The van der Waals surface area contributed by atoms with Crippen molar-refractivity contribution in [2.75, 3.05) is 0 Å². The van der Waals surface area contributed by atoms with E-state index in [9.17, 15) is 9.90 Å². The Labute approximate surface area is 204 Å².